The van der Waals surface area contributed by atoms with E-state index in [9.17, 15) is 9.90 Å². The number of amides is 1. The first-order valence-electron chi connectivity index (χ1n) is 15.3. The van der Waals surface area contributed by atoms with Crippen LogP contribution < -0.4 is 24.4 Å². The number of rotatable bonds is 11. The molecule has 0 fully saturated rings. The van der Waals surface area contributed by atoms with Crippen molar-refractivity contribution in [2.24, 2.45) is 5.41 Å². The zero-order chi connectivity index (χ0) is 33.0. The number of aromatic hydroxyl groups is 1. The predicted molar refractivity (Wildman–Crippen MR) is 182 cm³/mol. The number of hydrogen-bond acceptors (Lipinski definition) is 7. The van der Waals surface area contributed by atoms with Crippen LogP contribution in [0, 0.1) is 11.2 Å². The molecule has 9 heteroatoms. The van der Waals surface area contributed by atoms with E-state index in [4.69, 9.17) is 14.2 Å². The van der Waals surface area contributed by atoms with Crippen LogP contribution in [0.15, 0.2) is 82.7 Å². The maximum Gasteiger partial charge on any atom is 0.232 e. The number of ether oxygens (including phenoxy) is 3. The van der Waals surface area contributed by atoms with Gasteiger partial charge in [-0.1, -0.05) is 33.3 Å². The van der Waals surface area contributed by atoms with E-state index in [0.717, 1.165) is 23.3 Å². The van der Waals surface area contributed by atoms with Crippen molar-refractivity contribution in [3.05, 3.63) is 105 Å². The van der Waals surface area contributed by atoms with Gasteiger partial charge in [-0.15, -0.1) is 0 Å². The van der Waals surface area contributed by atoms with Crippen LogP contribution in [0.5, 0.6) is 23.0 Å². The van der Waals surface area contributed by atoms with Crippen molar-refractivity contribution in [2.75, 3.05) is 24.4 Å². The highest BCUT2D eigenvalue weighted by atomic mass is 32.1. The highest BCUT2D eigenvalue weighted by Crippen LogP contribution is 2.48. The van der Waals surface area contributed by atoms with Gasteiger partial charge in [0.05, 0.1) is 32.4 Å². The van der Waals surface area contributed by atoms with Crippen LogP contribution in [0.2, 0.25) is 0 Å². The van der Waals surface area contributed by atoms with Crippen LogP contribution in [0.25, 0.3) is 0 Å². The van der Waals surface area contributed by atoms with Gasteiger partial charge in [0.15, 0.2) is 0 Å². The average Bonchev–Trinajstić information content (AvgIpc) is 3.53. The number of carbonyl (C=O) groups is 1. The van der Waals surface area contributed by atoms with E-state index >= 15 is 4.39 Å². The minimum atomic E-state index is -0.826. The lowest BCUT2D eigenvalue weighted by molar-refractivity contribution is -0.118. The van der Waals surface area contributed by atoms with Gasteiger partial charge in [0.25, 0.3) is 0 Å². The number of halogens is 1. The van der Waals surface area contributed by atoms with Gasteiger partial charge < -0.3 is 24.6 Å². The van der Waals surface area contributed by atoms with E-state index in [0.29, 0.717) is 52.8 Å². The Hall–Kier alpha value is -4.50. The molecule has 2 heterocycles. The standard InChI is InChI=1S/C37H41FN2O5S/c1-7-37(3,4)20-30-23(2)36(28-13-11-27(19-29(28)38)45-21-24-15-16-46-22-24)40(31-9-8-10-32(41)35(31)39-30)34(42)18-25-17-26(43-5)12-14-33(25)44-6/h8-17,19,22,36,39,41H,7,18,20-21H2,1-6H3/t36-/m1/s1. The van der Waals surface area contributed by atoms with Crippen LogP contribution >= 0.6 is 11.3 Å². The first-order chi connectivity index (χ1) is 22.0. The number of carbonyl (C=O) groups excluding carboxylic acids is 1. The molecule has 0 spiro atoms. The van der Waals surface area contributed by atoms with Crippen molar-refractivity contribution < 1.29 is 28.5 Å². The Morgan fingerprint density at radius 1 is 1.07 bits per heavy atom. The van der Waals surface area contributed by atoms with Gasteiger partial charge in [0.2, 0.25) is 5.91 Å². The number of nitrogens with one attached hydrogen (secondary N) is 1. The number of phenolic OH excluding ortho intramolecular Hbond substituents is 1. The monoisotopic (exact) mass is 644 g/mol. The van der Waals surface area contributed by atoms with E-state index in [2.05, 4.69) is 26.1 Å². The Morgan fingerprint density at radius 2 is 1.85 bits per heavy atom. The summed E-state index contributed by atoms with van der Waals surface area (Å²) >= 11 is 1.57. The molecule has 3 aromatic carbocycles. The highest BCUT2D eigenvalue weighted by Gasteiger charge is 2.37. The van der Waals surface area contributed by atoms with Gasteiger partial charge in [-0.2, -0.15) is 11.3 Å². The van der Waals surface area contributed by atoms with Crippen molar-refractivity contribution in [3.8, 4) is 23.0 Å². The van der Waals surface area contributed by atoms with Gasteiger partial charge in [0.1, 0.15) is 41.1 Å². The van der Waals surface area contributed by atoms with Gasteiger partial charge in [-0.05, 0) is 89.2 Å². The van der Waals surface area contributed by atoms with Crippen LogP contribution in [0.3, 0.4) is 0 Å². The smallest absolute Gasteiger partial charge is 0.232 e. The normalized spacial score (nSPS) is 14.8. The molecule has 5 rings (SSSR count). The quantitative estimate of drug-likeness (QED) is 0.159. The summed E-state index contributed by atoms with van der Waals surface area (Å²) in [5.41, 5.74) is 4.27. The molecule has 7 nitrogen and oxygen atoms in total. The fraction of sp³-hybridized carbons (Fsp3) is 0.324. The molecule has 2 N–H and O–H groups in total. The summed E-state index contributed by atoms with van der Waals surface area (Å²) in [5, 5.41) is 18.5. The van der Waals surface area contributed by atoms with Crippen LogP contribution in [-0.4, -0.2) is 25.2 Å². The third-order valence-electron chi connectivity index (χ3n) is 8.66. The summed E-state index contributed by atoms with van der Waals surface area (Å²) in [6.45, 7) is 8.71. The molecule has 0 bridgehead atoms. The fourth-order valence-electron chi connectivity index (χ4n) is 5.67. The largest absolute Gasteiger partial charge is 0.506 e. The van der Waals surface area contributed by atoms with E-state index in [1.807, 2.05) is 23.8 Å². The maximum absolute atomic E-state index is 16.3. The Labute approximate surface area is 274 Å². The van der Waals surface area contributed by atoms with E-state index in [-0.39, 0.29) is 23.5 Å². The first-order valence-corrected chi connectivity index (χ1v) is 16.2. The molecule has 242 valence electrons. The average molecular weight is 645 g/mol. The summed E-state index contributed by atoms with van der Waals surface area (Å²) in [5.74, 6) is 0.697. The number of anilines is 2. The zero-order valence-corrected chi connectivity index (χ0v) is 28.0. The number of nitrogens with zero attached hydrogens (tertiary/aromatic N) is 1. The fourth-order valence-corrected chi connectivity index (χ4v) is 6.32. The second kappa shape index (κ2) is 13.9. The molecular formula is C37H41FN2O5S. The highest BCUT2D eigenvalue weighted by molar-refractivity contribution is 7.07. The number of para-hydroxylation sites is 1. The number of fused-ring (bicyclic) bond motifs is 1. The van der Waals surface area contributed by atoms with Crippen molar-refractivity contribution in [1.82, 2.24) is 0 Å². The van der Waals surface area contributed by atoms with Crippen LogP contribution in [-0.2, 0) is 17.8 Å². The molecule has 4 aromatic rings. The Balaban J connectivity index is 1.66. The lowest BCUT2D eigenvalue weighted by Crippen LogP contribution is -2.37. The molecule has 1 atom stereocenters. The van der Waals surface area contributed by atoms with Crippen molar-refractivity contribution in [2.45, 2.75) is 59.6 Å². The number of benzene rings is 3. The minimum Gasteiger partial charge on any atom is -0.506 e. The second-order valence-electron chi connectivity index (χ2n) is 12.3. The number of phenols is 1. The number of thiophene rings is 1. The number of hydrogen-bond donors (Lipinski definition) is 2. The molecule has 0 radical (unpaired) electrons. The molecule has 1 aliphatic rings. The van der Waals surface area contributed by atoms with Gasteiger partial charge >= 0.3 is 0 Å². The lowest BCUT2D eigenvalue weighted by atomic mass is 9.83. The SMILES string of the molecule is CCC(C)(C)CC1=C(C)[C@H](c2ccc(OCc3ccsc3)cc2F)N(C(=O)Cc2cc(OC)ccc2OC)c2cccc(O)c2N1. The molecular weight excluding hydrogens is 603 g/mol. The van der Waals surface area contributed by atoms with E-state index in [1.165, 1.54) is 6.07 Å². The molecule has 1 amide bonds. The first kappa shape index (κ1) is 32.9. The molecule has 46 heavy (non-hydrogen) atoms. The van der Waals surface area contributed by atoms with Crippen molar-refractivity contribution in [1.29, 1.82) is 0 Å². The molecule has 0 saturated heterocycles. The third-order valence-corrected chi connectivity index (χ3v) is 9.39. The summed E-state index contributed by atoms with van der Waals surface area (Å²) < 4.78 is 33.2. The Kier molecular flexibility index (Phi) is 9.91. The molecule has 0 aliphatic carbocycles. The van der Waals surface area contributed by atoms with Crippen molar-refractivity contribution in [3.63, 3.8) is 0 Å². The Morgan fingerprint density at radius 3 is 2.52 bits per heavy atom. The molecule has 1 aromatic heterocycles. The zero-order valence-electron chi connectivity index (χ0n) is 27.1. The summed E-state index contributed by atoms with van der Waals surface area (Å²) in [4.78, 5) is 16.2. The third kappa shape index (κ3) is 6.99. The minimum absolute atomic E-state index is 0.00725. The van der Waals surface area contributed by atoms with E-state index < -0.39 is 11.9 Å². The second-order valence-corrected chi connectivity index (χ2v) is 13.1. The topological polar surface area (TPSA) is 80.3 Å². The van der Waals surface area contributed by atoms with Gasteiger partial charge in [-0.3, -0.25) is 9.69 Å². The Bertz CT molecular complexity index is 1730. The molecule has 0 unspecified atom stereocenters. The van der Waals surface area contributed by atoms with Crippen LogP contribution in [0.1, 0.15) is 63.3 Å². The van der Waals surface area contributed by atoms with Gasteiger partial charge in [0, 0.05) is 22.9 Å². The van der Waals surface area contributed by atoms with Crippen LogP contribution in [0.4, 0.5) is 15.8 Å². The molecule has 0 saturated carbocycles. The predicted octanol–water partition coefficient (Wildman–Crippen LogP) is 9.03. The molecule has 1 aliphatic heterocycles. The lowest BCUT2D eigenvalue weighted by Gasteiger charge is -2.33. The number of allylic oxidation sites excluding steroid dienone is 1. The van der Waals surface area contributed by atoms with Gasteiger partial charge in [-0.25, -0.2) is 4.39 Å². The van der Waals surface area contributed by atoms with E-state index in [1.54, 1.807) is 79.0 Å². The summed E-state index contributed by atoms with van der Waals surface area (Å²) in [6.07, 6.45) is 1.46. The number of methoxy groups -OCH3 is 2. The summed E-state index contributed by atoms with van der Waals surface area (Å²) in [6, 6.07) is 16.3. The maximum atomic E-state index is 16.3. The van der Waals surface area contributed by atoms with Crippen molar-refractivity contribution >= 4 is 28.6 Å². The summed E-state index contributed by atoms with van der Waals surface area (Å²) in [7, 11) is 3.11.